The molecule has 0 spiro atoms. The Balaban J connectivity index is 2.11. The maximum absolute atomic E-state index is 13.9. The summed E-state index contributed by atoms with van der Waals surface area (Å²) in [6, 6.07) is 10.1. The Hall–Kier alpha value is -2.26. The second kappa shape index (κ2) is 8.40. The molecule has 1 atom stereocenters. The predicted octanol–water partition coefficient (Wildman–Crippen LogP) is 6.61. The van der Waals surface area contributed by atoms with Gasteiger partial charge in [-0.15, -0.1) is 0 Å². The van der Waals surface area contributed by atoms with Crippen molar-refractivity contribution in [2.45, 2.75) is 50.9 Å². The summed E-state index contributed by atoms with van der Waals surface area (Å²) in [5.74, 6) is -2.36. The van der Waals surface area contributed by atoms with Crippen molar-refractivity contribution in [3.63, 3.8) is 0 Å². The Morgan fingerprint density at radius 1 is 1.04 bits per heavy atom. The number of halogens is 2. The quantitative estimate of drug-likeness (QED) is 0.547. The molecule has 0 aliphatic heterocycles. The van der Waals surface area contributed by atoms with Gasteiger partial charge in [-0.25, -0.2) is 8.78 Å². The smallest absolute Gasteiger partial charge is 0.256 e. The Bertz CT molecular complexity index is 882. The van der Waals surface area contributed by atoms with Crippen LogP contribution in [0.4, 0.5) is 8.78 Å². The molecule has 0 aromatic heterocycles. The fourth-order valence-corrected chi connectivity index (χ4v) is 4.17. The van der Waals surface area contributed by atoms with Crippen LogP contribution in [0.25, 0.3) is 23.3 Å². The number of fused-ring (bicyclic) bond motifs is 1. The summed E-state index contributed by atoms with van der Waals surface area (Å²) in [5, 5.41) is 0. The first-order chi connectivity index (χ1) is 13.4. The lowest BCUT2D eigenvalue weighted by Crippen LogP contribution is -2.14. The highest BCUT2D eigenvalue weighted by atomic mass is 19.3. The summed E-state index contributed by atoms with van der Waals surface area (Å²) in [6.07, 6.45) is 6.49. The Morgan fingerprint density at radius 3 is 2.29 bits per heavy atom. The van der Waals surface area contributed by atoms with E-state index in [2.05, 4.69) is 38.3 Å². The molecule has 28 heavy (non-hydrogen) atoms. The molecule has 0 amide bonds. The van der Waals surface area contributed by atoms with E-state index < -0.39 is 5.92 Å². The fraction of sp³-hybridized carbons (Fsp3) is 0.360. The van der Waals surface area contributed by atoms with Crippen LogP contribution < -0.4 is 5.73 Å². The highest BCUT2D eigenvalue weighted by Gasteiger charge is 2.37. The minimum atomic E-state index is -2.66. The fourth-order valence-electron chi connectivity index (χ4n) is 4.17. The molecule has 1 unspecified atom stereocenters. The highest BCUT2D eigenvalue weighted by Crippen LogP contribution is 2.40. The standard InChI is InChI=1S/C25H29F2N/c1-4-7-8-20(16-28)19-10-9-17(5-2)23(12-19)24-13-22-15-25(26,27)14-21(22)11-18(24)6-3/h5-6,9-13,20H,2-4,7-8,14-16,28H2,1H3. The van der Waals surface area contributed by atoms with E-state index in [0.29, 0.717) is 12.5 Å². The first-order valence-corrected chi connectivity index (χ1v) is 10.0. The SMILES string of the molecule is C=Cc1ccc(C(CN)CCCC)cc1-c1cc2c(cc1C=C)CC(F)(F)C2. The lowest BCUT2D eigenvalue weighted by Gasteiger charge is -2.19. The molecular formula is C25H29F2N. The van der Waals surface area contributed by atoms with E-state index in [-0.39, 0.29) is 12.8 Å². The molecule has 148 valence electrons. The van der Waals surface area contributed by atoms with Gasteiger partial charge in [-0.2, -0.15) is 0 Å². The van der Waals surface area contributed by atoms with Crippen molar-refractivity contribution in [2.24, 2.45) is 5.73 Å². The predicted molar refractivity (Wildman–Crippen MR) is 116 cm³/mol. The van der Waals surface area contributed by atoms with Gasteiger partial charge in [0.15, 0.2) is 0 Å². The third kappa shape index (κ3) is 4.10. The van der Waals surface area contributed by atoms with Crippen LogP contribution in [0.3, 0.4) is 0 Å². The van der Waals surface area contributed by atoms with E-state index in [1.54, 1.807) is 6.08 Å². The monoisotopic (exact) mass is 381 g/mol. The molecular weight excluding hydrogens is 352 g/mol. The third-order valence-corrected chi connectivity index (χ3v) is 5.74. The van der Waals surface area contributed by atoms with Crippen LogP contribution in [-0.4, -0.2) is 12.5 Å². The zero-order chi connectivity index (χ0) is 20.3. The molecule has 2 aromatic rings. The van der Waals surface area contributed by atoms with Crippen LogP contribution in [0.15, 0.2) is 43.5 Å². The summed E-state index contributed by atoms with van der Waals surface area (Å²) in [4.78, 5) is 0. The minimum Gasteiger partial charge on any atom is -0.330 e. The molecule has 0 saturated heterocycles. The molecule has 3 heteroatoms. The molecule has 2 aromatic carbocycles. The summed E-state index contributed by atoms with van der Waals surface area (Å²) >= 11 is 0. The maximum atomic E-state index is 13.9. The van der Waals surface area contributed by atoms with E-state index >= 15 is 0 Å². The third-order valence-electron chi connectivity index (χ3n) is 5.74. The zero-order valence-corrected chi connectivity index (χ0v) is 16.6. The Kier molecular flexibility index (Phi) is 6.14. The van der Waals surface area contributed by atoms with E-state index in [0.717, 1.165) is 52.6 Å². The second-order valence-corrected chi connectivity index (χ2v) is 7.75. The van der Waals surface area contributed by atoms with Crippen LogP contribution in [0.1, 0.15) is 59.9 Å². The van der Waals surface area contributed by atoms with Gasteiger partial charge in [0.1, 0.15) is 0 Å². The molecule has 0 radical (unpaired) electrons. The molecule has 1 aliphatic rings. The van der Waals surface area contributed by atoms with Crippen LogP contribution >= 0.6 is 0 Å². The van der Waals surface area contributed by atoms with Gasteiger partial charge < -0.3 is 5.73 Å². The number of unbranched alkanes of at least 4 members (excludes halogenated alkanes) is 1. The van der Waals surface area contributed by atoms with Gasteiger partial charge in [0.25, 0.3) is 5.92 Å². The molecule has 0 heterocycles. The van der Waals surface area contributed by atoms with Crippen LogP contribution in [0, 0.1) is 0 Å². The average Bonchev–Trinajstić information content (AvgIpc) is 3.00. The lowest BCUT2D eigenvalue weighted by molar-refractivity contribution is 0.0130. The van der Waals surface area contributed by atoms with Crippen molar-refractivity contribution >= 4 is 12.2 Å². The Labute approximate surface area is 167 Å². The van der Waals surface area contributed by atoms with Crippen molar-refractivity contribution in [1.29, 1.82) is 0 Å². The van der Waals surface area contributed by atoms with E-state index in [9.17, 15) is 8.78 Å². The normalized spacial score (nSPS) is 15.9. The van der Waals surface area contributed by atoms with Gasteiger partial charge in [0.2, 0.25) is 0 Å². The van der Waals surface area contributed by atoms with Crippen molar-refractivity contribution < 1.29 is 8.78 Å². The minimum absolute atomic E-state index is 0.190. The van der Waals surface area contributed by atoms with Crippen molar-refractivity contribution in [1.82, 2.24) is 0 Å². The number of hydrogen-bond donors (Lipinski definition) is 1. The summed E-state index contributed by atoms with van der Waals surface area (Å²) in [7, 11) is 0. The van der Waals surface area contributed by atoms with E-state index in [1.165, 1.54) is 5.56 Å². The first kappa shape index (κ1) is 20.5. The maximum Gasteiger partial charge on any atom is 0.256 e. The number of benzene rings is 2. The average molecular weight is 382 g/mol. The highest BCUT2D eigenvalue weighted by molar-refractivity contribution is 5.83. The largest absolute Gasteiger partial charge is 0.330 e. The molecule has 0 fully saturated rings. The lowest BCUT2D eigenvalue weighted by atomic mass is 9.87. The Morgan fingerprint density at radius 2 is 1.68 bits per heavy atom. The molecule has 1 nitrogen and oxygen atoms in total. The second-order valence-electron chi connectivity index (χ2n) is 7.75. The van der Waals surface area contributed by atoms with Crippen LogP contribution in [-0.2, 0) is 12.8 Å². The molecule has 1 aliphatic carbocycles. The van der Waals surface area contributed by atoms with Crippen LogP contribution in [0.2, 0.25) is 0 Å². The first-order valence-electron chi connectivity index (χ1n) is 10.0. The summed E-state index contributed by atoms with van der Waals surface area (Å²) in [6.45, 7) is 10.6. The molecule has 3 rings (SSSR count). The van der Waals surface area contributed by atoms with Gasteiger partial charge in [-0.1, -0.05) is 75.4 Å². The van der Waals surface area contributed by atoms with Gasteiger partial charge >= 0.3 is 0 Å². The number of nitrogens with two attached hydrogens (primary N) is 1. The van der Waals surface area contributed by atoms with Crippen molar-refractivity contribution in [2.75, 3.05) is 6.54 Å². The summed E-state index contributed by atoms with van der Waals surface area (Å²) < 4.78 is 27.9. The zero-order valence-electron chi connectivity index (χ0n) is 16.6. The van der Waals surface area contributed by atoms with Gasteiger partial charge in [-0.3, -0.25) is 0 Å². The van der Waals surface area contributed by atoms with Gasteiger partial charge in [0.05, 0.1) is 0 Å². The molecule has 0 saturated carbocycles. The number of rotatable bonds is 8. The van der Waals surface area contributed by atoms with Gasteiger partial charge in [0, 0.05) is 12.8 Å². The van der Waals surface area contributed by atoms with Gasteiger partial charge in [-0.05, 0) is 57.8 Å². The summed E-state index contributed by atoms with van der Waals surface area (Å²) in [5.41, 5.74) is 12.5. The molecule has 0 bridgehead atoms. The molecule has 2 N–H and O–H groups in total. The van der Waals surface area contributed by atoms with E-state index in [1.807, 2.05) is 18.2 Å². The number of alkyl halides is 2. The van der Waals surface area contributed by atoms with Crippen LogP contribution in [0.5, 0.6) is 0 Å². The van der Waals surface area contributed by atoms with Crippen molar-refractivity contribution in [3.8, 4) is 11.1 Å². The number of hydrogen-bond acceptors (Lipinski definition) is 1. The van der Waals surface area contributed by atoms with Crippen molar-refractivity contribution in [3.05, 3.63) is 71.3 Å². The topological polar surface area (TPSA) is 26.0 Å². The van der Waals surface area contributed by atoms with E-state index in [4.69, 9.17) is 5.73 Å².